The fourth-order valence-electron chi connectivity index (χ4n) is 3.65. The summed E-state index contributed by atoms with van der Waals surface area (Å²) in [6, 6.07) is 14.5. The van der Waals surface area contributed by atoms with Gasteiger partial charge in [-0.25, -0.2) is 4.68 Å². The maximum Gasteiger partial charge on any atom is 0.337 e. The summed E-state index contributed by atoms with van der Waals surface area (Å²) in [5.74, 6) is 1.26. The average Bonchev–Trinajstić information content (AvgIpc) is 3.23. The highest BCUT2D eigenvalue weighted by Gasteiger charge is 2.33. The van der Waals surface area contributed by atoms with Gasteiger partial charge in [-0.05, 0) is 33.7 Å². The molecule has 0 atom stereocenters. The Morgan fingerprint density at radius 3 is 2.66 bits per heavy atom. The first-order valence-electron chi connectivity index (χ1n) is 9.74. The van der Waals surface area contributed by atoms with Gasteiger partial charge < -0.3 is 10.8 Å². The topological polar surface area (TPSA) is 80.3 Å². The predicted molar refractivity (Wildman–Crippen MR) is 116 cm³/mol. The SMILES string of the molecule is CC(C)(C)c1ccccc1C1=Cc2cccc[n+]2C1=Nc1cnn(CCO)c1N. The fraction of sp³-hybridized carbons (Fsp3) is 0.261. The number of fused-ring (bicyclic) bond motifs is 1. The Labute approximate surface area is 170 Å². The monoisotopic (exact) mass is 388 g/mol. The van der Waals surface area contributed by atoms with E-state index >= 15 is 0 Å². The molecule has 0 aliphatic carbocycles. The molecule has 0 saturated carbocycles. The van der Waals surface area contributed by atoms with Gasteiger partial charge in [0.25, 0.3) is 0 Å². The molecule has 0 unspecified atom stereocenters. The first-order valence-corrected chi connectivity index (χ1v) is 9.74. The summed E-state index contributed by atoms with van der Waals surface area (Å²) in [5, 5.41) is 13.5. The average molecular weight is 388 g/mol. The smallest absolute Gasteiger partial charge is 0.337 e. The Bertz CT molecular complexity index is 1120. The summed E-state index contributed by atoms with van der Waals surface area (Å²) in [6.07, 6.45) is 5.82. The molecule has 6 heteroatoms. The standard InChI is InChI=1S/C23H25N5O/c1-23(2,3)19-10-5-4-9-17(19)18-14-16-8-6-7-11-27(16)22(18)26-20-15-25-28(12-13-29)21(20)24/h4-11,14-15,24,29H,12-13H2,1-3H3/p+1. The maximum absolute atomic E-state index is 9.20. The number of aliphatic hydroxyl groups excluding tert-OH is 1. The number of aliphatic hydroxyl groups is 1. The zero-order valence-electron chi connectivity index (χ0n) is 17.0. The molecule has 0 bridgehead atoms. The number of anilines is 1. The zero-order chi connectivity index (χ0) is 20.6. The summed E-state index contributed by atoms with van der Waals surface area (Å²) in [6.45, 7) is 6.97. The number of benzene rings is 1. The molecule has 1 aliphatic rings. The fourth-order valence-corrected chi connectivity index (χ4v) is 3.65. The van der Waals surface area contributed by atoms with Crippen molar-refractivity contribution in [2.24, 2.45) is 4.99 Å². The Morgan fingerprint density at radius 2 is 1.90 bits per heavy atom. The van der Waals surface area contributed by atoms with Gasteiger partial charge in [-0.3, -0.25) is 0 Å². The zero-order valence-corrected chi connectivity index (χ0v) is 17.0. The van der Waals surface area contributed by atoms with E-state index in [2.05, 4.69) is 66.8 Å². The van der Waals surface area contributed by atoms with E-state index in [1.54, 1.807) is 10.9 Å². The Balaban J connectivity index is 1.89. The molecule has 0 spiro atoms. The number of nitrogens with zero attached hydrogens (tertiary/aromatic N) is 4. The summed E-state index contributed by atoms with van der Waals surface area (Å²) in [4.78, 5) is 4.90. The van der Waals surface area contributed by atoms with Crippen LogP contribution in [0.25, 0.3) is 11.6 Å². The summed E-state index contributed by atoms with van der Waals surface area (Å²) in [7, 11) is 0. The lowest BCUT2D eigenvalue weighted by molar-refractivity contribution is -0.552. The van der Waals surface area contributed by atoms with Crippen molar-refractivity contribution in [3.8, 4) is 0 Å². The number of pyridine rings is 1. The van der Waals surface area contributed by atoms with Crippen LogP contribution in [0.4, 0.5) is 11.5 Å². The van der Waals surface area contributed by atoms with Crippen molar-refractivity contribution in [3.63, 3.8) is 0 Å². The number of hydrogen-bond acceptors (Lipinski definition) is 4. The van der Waals surface area contributed by atoms with E-state index in [1.165, 1.54) is 5.56 Å². The lowest BCUT2D eigenvalue weighted by atomic mass is 9.81. The van der Waals surface area contributed by atoms with Crippen LogP contribution in [0.3, 0.4) is 0 Å². The van der Waals surface area contributed by atoms with Crippen molar-refractivity contribution in [1.82, 2.24) is 9.78 Å². The van der Waals surface area contributed by atoms with Crippen LogP contribution < -0.4 is 10.3 Å². The molecular weight excluding hydrogens is 362 g/mol. The van der Waals surface area contributed by atoms with Crippen molar-refractivity contribution >= 4 is 29.0 Å². The number of nitrogen functional groups attached to an aromatic ring is 1. The van der Waals surface area contributed by atoms with E-state index in [0.29, 0.717) is 18.1 Å². The van der Waals surface area contributed by atoms with E-state index in [0.717, 1.165) is 22.7 Å². The van der Waals surface area contributed by atoms with Crippen molar-refractivity contribution in [2.75, 3.05) is 12.3 Å². The first-order chi connectivity index (χ1) is 13.9. The third kappa shape index (κ3) is 3.47. The van der Waals surface area contributed by atoms with Gasteiger partial charge >= 0.3 is 5.84 Å². The lowest BCUT2D eigenvalue weighted by Crippen LogP contribution is -2.42. The summed E-state index contributed by atoms with van der Waals surface area (Å²) >= 11 is 0. The molecule has 0 saturated heterocycles. The normalized spacial score (nSPS) is 14.9. The highest BCUT2D eigenvalue weighted by molar-refractivity contribution is 6.26. The van der Waals surface area contributed by atoms with Gasteiger partial charge in [-0.1, -0.05) is 51.1 Å². The third-order valence-electron chi connectivity index (χ3n) is 5.08. The van der Waals surface area contributed by atoms with Crippen LogP contribution >= 0.6 is 0 Å². The van der Waals surface area contributed by atoms with Crippen LogP contribution in [0.5, 0.6) is 0 Å². The number of rotatable bonds is 4. The highest BCUT2D eigenvalue weighted by Crippen LogP contribution is 2.34. The minimum atomic E-state index is -0.0242. The van der Waals surface area contributed by atoms with Gasteiger partial charge in [0.2, 0.25) is 5.69 Å². The second-order valence-corrected chi connectivity index (χ2v) is 8.15. The van der Waals surface area contributed by atoms with Crippen LogP contribution in [0.2, 0.25) is 0 Å². The summed E-state index contributed by atoms with van der Waals surface area (Å²) in [5.41, 5.74) is 11.3. The van der Waals surface area contributed by atoms with Crippen LogP contribution in [-0.2, 0) is 12.0 Å². The van der Waals surface area contributed by atoms with Crippen molar-refractivity contribution in [3.05, 3.63) is 71.7 Å². The van der Waals surface area contributed by atoms with E-state index in [9.17, 15) is 5.11 Å². The Hall–Kier alpha value is -3.25. The van der Waals surface area contributed by atoms with Gasteiger partial charge in [0, 0.05) is 6.08 Å². The molecular formula is C23H26N5O+. The number of nitrogens with two attached hydrogens (primary N) is 1. The number of hydrogen-bond donors (Lipinski definition) is 2. The largest absolute Gasteiger partial charge is 0.394 e. The number of aliphatic imine (C=N–C) groups is 1. The van der Waals surface area contributed by atoms with Gasteiger partial charge in [0.1, 0.15) is 11.9 Å². The van der Waals surface area contributed by atoms with Gasteiger partial charge in [-0.2, -0.15) is 9.67 Å². The predicted octanol–water partition coefficient (Wildman–Crippen LogP) is 3.18. The molecule has 2 aromatic heterocycles. The lowest BCUT2D eigenvalue weighted by Gasteiger charge is -2.22. The molecule has 1 aliphatic heterocycles. The molecule has 3 N–H and O–H groups in total. The maximum atomic E-state index is 9.20. The molecule has 0 fully saturated rings. The number of allylic oxidation sites excluding steroid dienone is 1. The Kier molecular flexibility index (Phi) is 4.80. The molecule has 6 nitrogen and oxygen atoms in total. The third-order valence-corrected chi connectivity index (χ3v) is 5.08. The van der Waals surface area contributed by atoms with Crippen molar-refractivity contribution < 1.29 is 9.67 Å². The van der Waals surface area contributed by atoms with Gasteiger partial charge in [0.05, 0.1) is 24.9 Å². The van der Waals surface area contributed by atoms with Gasteiger partial charge in [0.15, 0.2) is 5.82 Å². The molecule has 3 heterocycles. The van der Waals surface area contributed by atoms with E-state index in [1.807, 2.05) is 18.3 Å². The van der Waals surface area contributed by atoms with E-state index < -0.39 is 0 Å². The van der Waals surface area contributed by atoms with E-state index in [-0.39, 0.29) is 12.0 Å². The Morgan fingerprint density at radius 1 is 1.14 bits per heavy atom. The van der Waals surface area contributed by atoms with Crippen molar-refractivity contribution in [2.45, 2.75) is 32.7 Å². The molecule has 4 rings (SSSR count). The first kappa shape index (κ1) is 19.1. The van der Waals surface area contributed by atoms with Crippen molar-refractivity contribution in [1.29, 1.82) is 0 Å². The van der Waals surface area contributed by atoms with Crippen LogP contribution in [-0.4, -0.2) is 27.3 Å². The second kappa shape index (κ2) is 7.29. The van der Waals surface area contributed by atoms with Crippen LogP contribution in [0.1, 0.15) is 37.6 Å². The minimum absolute atomic E-state index is 0.00692. The van der Waals surface area contributed by atoms with Crippen LogP contribution in [0, 0.1) is 0 Å². The van der Waals surface area contributed by atoms with Gasteiger partial charge in [-0.15, -0.1) is 0 Å². The minimum Gasteiger partial charge on any atom is -0.394 e. The number of aromatic nitrogens is 3. The molecule has 0 radical (unpaired) electrons. The molecule has 148 valence electrons. The second-order valence-electron chi connectivity index (χ2n) is 8.15. The van der Waals surface area contributed by atoms with Crippen LogP contribution in [0.15, 0.2) is 59.9 Å². The van der Waals surface area contributed by atoms with E-state index in [4.69, 9.17) is 10.7 Å². The molecule has 0 amide bonds. The quantitative estimate of drug-likeness (QED) is 0.674. The summed E-state index contributed by atoms with van der Waals surface area (Å²) < 4.78 is 3.63. The molecule has 29 heavy (non-hydrogen) atoms. The molecule has 1 aromatic carbocycles. The molecule has 3 aromatic rings. The highest BCUT2D eigenvalue weighted by atomic mass is 16.3.